The number of benzene rings is 2. The number of carbonyl (C=O) groups is 1. The van der Waals surface area contributed by atoms with Crippen LogP contribution in [0, 0.1) is 0 Å². The number of aromatic nitrogens is 3. The summed E-state index contributed by atoms with van der Waals surface area (Å²) in [5.74, 6) is -1.37. The number of nitrogens with two attached hydrogens (primary N) is 1. The molecule has 1 amide bonds. The maximum absolute atomic E-state index is 12.6. The normalized spacial score (nSPS) is 13.5. The number of alkyl halides is 3. The standard InChI is InChI=1S/C21H19F3N6O6S3/c1-38(32,33)17(19-30-29-16(36-19)9-27-39(25,34)35)20-28-14-7-6-13(8-15(14)37-20)11-2-4-12(5-3-11)18(31)26-10-21(22,23)24/h2-8,17,27H,9-10H2,1H3,(H,26,31)(H2,25,34,35). The highest BCUT2D eigenvalue weighted by atomic mass is 32.2. The zero-order chi connectivity index (χ0) is 28.6. The summed E-state index contributed by atoms with van der Waals surface area (Å²) in [5, 5.41) is 12.8. The van der Waals surface area contributed by atoms with Crippen LogP contribution in [-0.2, 0) is 26.6 Å². The molecule has 208 valence electrons. The maximum atomic E-state index is 12.6. The van der Waals surface area contributed by atoms with E-state index in [0.29, 0.717) is 21.3 Å². The summed E-state index contributed by atoms with van der Waals surface area (Å²) in [6, 6.07) is 11.0. The second-order valence-corrected chi connectivity index (χ2v) is 12.8. The van der Waals surface area contributed by atoms with E-state index >= 15 is 0 Å². The number of sulfone groups is 1. The van der Waals surface area contributed by atoms with Crippen LogP contribution in [-0.4, -0.2) is 56.9 Å². The van der Waals surface area contributed by atoms with Gasteiger partial charge in [-0.15, -0.1) is 21.5 Å². The molecular formula is C21H19F3N6O6S3. The molecule has 18 heteroatoms. The van der Waals surface area contributed by atoms with E-state index in [1.807, 2.05) is 4.72 Å². The predicted molar refractivity (Wildman–Crippen MR) is 134 cm³/mol. The molecule has 4 N–H and O–H groups in total. The first-order chi connectivity index (χ1) is 18.1. The highest BCUT2D eigenvalue weighted by molar-refractivity contribution is 7.91. The Kier molecular flexibility index (Phi) is 7.77. The van der Waals surface area contributed by atoms with Crippen LogP contribution in [0.2, 0.25) is 0 Å². The first-order valence-corrected chi connectivity index (χ1v) is 15.1. The summed E-state index contributed by atoms with van der Waals surface area (Å²) in [6.45, 7) is -1.88. The largest absolute Gasteiger partial charge is 0.422 e. The monoisotopic (exact) mass is 604 g/mol. The molecule has 0 bridgehead atoms. The van der Waals surface area contributed by atoms with Crippen LogP contribution in [0.4, 0.5) is 13.2 Å². The first-order valence-electron chi connectivity index (χ1n) is 10.7. The zero-order valence-corrected chi connectivity index (χ0v) is 22.2. The van der Waals surface area contributed by atoms with Crippen molar-refractivity contribution < 1.29 is 39.2 Å². The molecule has 0 aliphatic heterocycles. The van der Waals surface area contributed by atoms with Crippen molar-refractivity contribution >= 4 is 47.5 Å². The lowest BCUT2D eigenvalue weighted by atomic mass is 10.0. The molecule has 0 radical (unpaired) electrons. The quantitative estimate of drug-likeness (QED) is 0.257. The van der Waals surface area contributed by atoms with E-state index in [0.717, 1.165) is 17.6 Å². The van der Waals surface area contributed by atoms with E-state index in [1.54, 1.807) is 35.6 Å². The number of hydrogen-bond donors (Lipinski definition) is 3. The van der Waals surface area contributed by atoms with Gasteiger partial charge in [-0.25, -0.2) is 18.5 Å². The number of rotatable bonds is 9. The highest BCUT2D eigenvalue weighted by Crippen LogP contribution is 2.36. The van der Waals surface area contributed by atoms with E-state index in [2.05, 4.69) is 15.2 Å². The summed E-state index contributed by atoms with van der Waals surface area (Å²) in [5.41, 5.74) is 1.87. The van der Waals surface area contributed by atoms with Crippen LogP contribution in [0.3, 0.4) is 0 Å². The van der Waals surface area contributed by atoms with Crippen LogP contribution >= 0.6 is 11.3 Å². The van der Waals surface area contributed by atoms with Crippen molar-refractivity contribution in [2.24, 2.45) is 5.14 Å². The fourth-order valence-electron chi connectivity index (χ4n) is 3.41. The van der Waals surface area contributed by atoms with E-state index in [9.17, 15) is 34.8 Å². The Morgan fingerprint density at radius 1 is 1.08 bits per heavy atom. The molecule has 0 saturated heterocycles. The van der Waals surface area contributed by atoms with Gasteiger partial charge in [-0.3, -0.25) is 4.79 Å². The number of hydrogen-bond acceptors (Lipinski definition) is 10. The molecule has 2 aromatic carbocycles. The van der Waals surface area contributed by atoms with Crippen molar-refractivity contribution in [2.45, 2.75) is 18.0 Å². The molecule has 0 fully saturated rings. The van der Waals surface area contributed by atoms with Gasteiger partial charge in [0.15, 0.2) is 15.1 Å². The van der Waals surface area contributed by atoms with Crippen molar-refractivity contribution in [2.75, 3.05) is 12.8 Å². The number of amides is 1. The molecule has 4 aromatic rings. The number of nitrogens with zero attached hydrogens (tertiary/aromatic N) is 3. The molecule has 0 spiro atoms. The first kappa shape index (κ1) is 28.6. The lowest BCUT2D eigenvalue weighted by molar-refractivity contribution is -0.123. The summed E-state index contributed by atoms with van der Waals surface area (Å²) in [6.07, 6.45) is -3.56. The molecule has 2 aromatic heterocycles. The average Bonchev–Trinajstić information content (AvgIpc) is 3.46. The average molecular weight is 605 g/mol. The lowest BCUT2D eigenvalue weighted by Gasteiger charge is -2.09. The predicted octanol–water partition coefficient (Wildman–Crippen LogP) is 2.07. The van der Waals surface area contributed by atoms with Gasteiger partial charge in [0.05, 0.1) is 16.8 Å². The molecule has 0 aliphatic carbocycles. The number of nitrogens with one attached hydrogen (secondary N) is 2. The van der Waals surface area contributed by atoms with Crippen LogP contribution in [0.1, 0.15) is 32.4 Å². The van der Waals surface area contributed by atoms with E-state index in [1.165, 1.54) is 12.1 Å². The van der Waals surface area contributed by atoms with Crippen LogP contribution < -0.4 is 15.2 Å². The van der Waals surface area contributed by atoms with Gasteiger partial charge in [-0.2, -0.15) is 26.3 Å². The molecule has 4 rings (SSSR count). The topological polar surface area (TPSA) is 187 Å². The van der Waals surface area contributed by atoms with E-state index in [4.69, 9.17) is 9.56 Å². The fourth-order valence-corrected chi connectivity index (χ4v) is 6.26. The maximum Gasteiger partial charge on any atom is 0.405 e. The van der Waals surface area contributed by atoms with Gasteiger partial charge >= 0.3 is 6.18 Å². The van der Waals surface area contributed by atoms with Crippen molar-refractivity contribution in [3.63, 3.8) is 0 Å². The van der Waals surface area contributed by atoms with Gasteiger partial charge in [0.1, 0.15) is 11.6 Å². The Hall–Kier alpha value is -3.45. The molecule has 0 aliphatic rings. The smallest absolute Gasteiger partial charge is 0.405 e. The molecule has 2 heterocycles. The molecule has 1 atom stereocenters. The molecular weight excluding hydrogens is 585 g/mol. The second kappa shape index (κ2) is 10.6. The number of carbonyl (C=O) groups excluding carboxylic acids is 1. The summed E-state index contributed by atoms with van der Waals surface area (Å²) in [7, 11) is -7.90. The van der Waals surface area contributed by atoms with Gasteiger partial charge in [0, 0.05) is 11.8 Å². The molecule has 39 heavy (non-hydrogen) atoms. The van der Waals surface area contributed by atoms with Crippen LogP contribution in [0.25, 0.3) is 21.3 Å². The van der Waals surface area contributed by atoms with Crippen molar-refractivity contribution in [3.8, 4) is 11.1 Å². The Bertz CT molecular complexity index is 1730. The fraction of sp³-hybridized carbons (Fsp3) is 0.238. The third-order valence-corrected chi connectivity index (χ3v) is 8.18. The third kappa shape index (κ3) is 7.35. The van der Waals surface area contributed by atoms with Gasteiger partial charge in [-0.05, 0) is 35.4 Å². The highest BCUT2D eigenvalue weighted by Gasteiger charge is 2.34. The minimum atomic E-state index is -4.52. The molecule has 12 nitrogen and oxygen atoms in total. The van der Waals surface area contributed by atoms with Gasteiger partial charge in [0.25, 0.3) is 16.1 Å². The summed E-state index contributed by atoms with van der Waals surface area (Å²) in [4.78, 5) is 16.3. The van der Waals surface area contributed by atoms with Gasteiger partial charge in [0.2, 0.25) is 11.8 Å². The summed E-state index contributed by atoms with van der Waals surface area (Å²) < 4.78 is 92.4. The van der Waals surface area contributed by atoms with E-state index < -0.39 is 50.5 Å². The zero-order valence-electron chi connectivity index (χ0n) is 19.8. The van der Waals surface area contributed by atoms with Crippen LogP contribution in [0.15, 0.2) is 46.9 Å². The number of fused-ring (bicyclic) bond motifs is 1. The molecule has 0 saturated carbocycles. The van der Waals surface area contributed by atoms with Crippen molar-refractivity contribution in [1.29, 1.82) is 0 Å². The number of halogens is 3. The third-order valence-electron chi connectivity index (χ3n) is 5.12. The number of thiazole rings is 1. The second-order valence-electron chi connectivity index (χ2n) is 8.22. The van der Waals surface area contributed by atoms with Crippen molar-refractivity contribution in [1.82, 2.24) is 25.2 Å². The Morgan fingerprint density at radius 2 is 1.74 bits per heavy atom. The minimum absolute atomic E-state index is 0.0540. The minimum Gasteiger partial charge on any atom is -0.422 e. The van der Waals surface area contributed by atoms with E-state index in [-0.39, 0.29) is 22.4 Å². The van der Waals surface area contributed by atoms with Gasteiger partial charge in [-0.1, -0.05) is 18.2 Å². The Balaban J connectivity index is 1.59. The Labute approximate surface area is 223 Å². The SMILES string of the molecule is CS(=O)(=O)C(c1nnc(CNS(N)(=O)=O)o1)c1nc2ccc(-c3ccc(C(=O)NCC(F)(F)F)cc3)cc2s1. The Morgan fingerprint density at radius 3 is 2.36 bits per heavy atom. The van der Waals surface area contributed by atoms with Gasteiger partial charge < -0.3 is 9.73 Å². The lowest BCUT2D eigenvalue weighted by Crippen LogP contribution is -2.33. The summed E-state index contributed by atoms with van der Waals surface area (Å²) >= 11 is 1.06. The van der Waals surface area contributed by atoms with Crippen LogP contribution in [0.5, 0.6) is 0 Å². The molecule has 1 unspecified atom stereocenters. The van der Waals surface area contributed by atoms with Crippen molar-refractivity contribution in [3.05, 3.63) is 64.8 Å².